The molecule has 1 aromatic rings. The molecule has 0 N–H and O–H groups in total. The first-order valence-electron chi connectivity index (χ1n) is 5.45. The molecule has 0 atom stereocenters. The van der Waals surface area contributed by atoms with Crippen molar-refractivity contribution in [2.24, 2.45) is 0 Å². The number of aromatic nitrogens is 1. The summed E-state index contributed by atoms with van der Waals surface area (Å²) in [6.45, 7) is 7.57. The van der Waals surface area contributed by atoms with E-state index < -0.39 is 0 Å². The van der Waals surface area contributed by atoms with Crippen LogP contribution in [0.25, 0.3) is 0 Å². The molecule has 1 heterocycles. The van der Waals surface area contributed by atoms with Crippen LogP contribution >= 0.6 is 15.9 Å². The lowest BCUT2D eigenvalue weighted by Gasteiger charge is -2.20. The average Bonchev–Trinajstić information content (AvgIpc) is 2.18. The molecule has 84 valence electrons. The lowest BCUT2D eigenvalue weighted by molar-refractivity contribution is 0.283. The van der Waals surface area contributed by atoms with E-state index in [0.717, 1.165) is 25.0 Å². The van der Waals surface area contributed by atoms with E-state index in [9.17, 15) is 0 Å². The Morgan fingerprint density at radius 3 is 2.73 bits per heavy atom. The summed E-state index contributed by atoms with van der Waals surface area (Å²) in [5.74, 6) is 0. The van der Waals surface area contributed by atoms with Crippen LogP contribution in [0.15, 0.2) is 18.5 Å². The maximum Gasteiger partial charge on any atom is 0.0313 e. The van der Waals surface area contributed by atoms with E-state index in [1.807, 2.05) is 12.4 Å². The molecule has 0 aliphatic heterocycles. The van der Waals surface area contributed by atoms with Crippen LogP contribution in [0.5, 0.6) is 0 Å². The number of rotatable bonds is 6. The molecule has 0 saturated heterocycles. The van der Waals surface area contributed by atoms with Gasteiger partial charge < -0.3 is 0 Å². The van der Waals surface area contributed by atoms with E-state index in [2.05, 4.69) is 45.7 Å². The number of pyridine rings is 1. The predicted molar refractivity (Wildman–Crippen MR) is 68.3 cm³/mol. The SMILES string of the molecule is CCCN(CCBr)Cc1cncc(C)c1. The van der Waals surface area contributed by atoms with Gasteiger partial charge in [-0.25, -0.2) is 0 Å². The van der Waals surface area contributed by atoms with Gasteiger partial charge in [-0.1, -0.05) is 28.9 Å². The van der Waals surface area contributed by atoms with Crippen LogP contribution in [-0.4, -0.2) is 28.3 Å². The summed E-state index contributed by atoms with van der Waals surface area (Å²) >= 11 is 3.49. The largest absolute Gasteiger partial charge is 0.298 e. The van der Waals surface area contributed by atoms with Crippen molar-refractivity contribution < 1.29 is 0 Å². The van der Waals surface area contributed by atoms with E-state index in [0.29, 0.717) is 0 Å². The highest BCUT2D eigenvalue weighted by Crippen LogP contribution is 2.06. The highest BCUT2D eigenvalue weighted by atomic mass is 79.9. The Morgan fingerprint density at radius 1 is 1.33 bits per heavy atom. The van der Waals surface area contributed by atoms with E-state index in [4.69, 9.17) is 0 Å². The van der Waals surface area contributed by atoms with Crippen LogP contribution in [-0.2, 0) is 6.54 Å². The summed E-state index contributed by atoms with van der Waals surface area (Å²) < 4.78 is 0. The number of aryl methyl sites for hydroxylation is 1. The molecule has 0 aromatic carbocycles. The quantitative estimate of drug-likeness (QED) is 0.739. The summed E-state index contributed by atoms with van der Waals surface area (Å²) in [5, 5.41) is 1.03. The van der Waals surface area contributed by atoms with Gasteiger partial charge in [0.1, 0.15) is 0 Å². The first-order valence-corrected chi connectivity index (χ1v) is 6.57. The first-order chi connectivity index (χ1) is 7.26. The lowest BCUT2D eigenvalue weighted by Crippen LogP contribution is -2.26. The van der Waals surface area contributed by atoms with Crippen molar-refractivity contribution in [1.82, 2.24) is 9.88 Å². The number of hydrogen-bond donors (Lipinski definition) is 0. The third-order valence-electron chi connectivity index (χ3n) is 2.28. The number of nitrogens with zero attached hydrogens (tertiary/aromatic N) is 2. The zero-order valence-electron chi connectivity index (χ0n) is 9.54. The summed E-state index contributed by atoms with van der Waals surface area (Å²) in [6.07, 6.45) is 5.06. The van der Waals surface area contributed by atoms with Gasteiger partial charge in [0.15, 0.2) is 0 Å². The third-order valence-corrected chi connectivity index (χ3v) is 2.63. The molecule has 3 heteroatoms. The molecule has 0 saturated carbocycles. The molecule has 15 heavy (non-hydrogen) atoms. The Bertz CT molecular complexity index is 283. The maximum absolute atomic E-state index is 4.22. The number of halogens is 1. The van der Waals surface area contributed by atoms with Gasteiger partial charge in [0.05, 0.1) is 0 Å². The highest BCUT2D eigenvalue weighted by Gasteiger charge is 2.04. The van der Waals surface area contributed by atoms with Crippen molar-refractivity contribution in [3.05, 3.63) is 29.6 Å². The molecule has 0 aliphatic rings. The normalized spacial score (nSPS) is 10.9. The zero-order chi connectivity index (χ0) is 11.1. The van der Waals surface area contributed by atoms with Crippen LogP contribution in [0.2, 0.25) is 0 Å². The summed E-state index contributed by atoms with van der Waals surface area (Å²) in [7, 11) is 0. The summed E-state index contributed by atoms with van der Waals surface area (Å²) in [4.78, 5) is 6.67. The second-order valence-electron chi connectivity index (χ2n) is 3.84. The van der Waals surface area contributed by atoms with Gasteiger partial charge in [-0.15, -0.1) is 0 Å². The van der Waals surface area contributed by atoms with E-state index in [1.54, 1.807) is 0 Å². The van der Waals surface area contributed by atoms with Crippen LogP contribution < -0.4 is 0 Å². The molecule has 0 fully saturated rings. The van der Waals surface area contributed by atoms with Gasteiger partial charge in [-0.05, 0) is 31.0 Å². The molecule has 0 spiro atoms. The van der Waals surface area contributed by atoms with E-state index >= 15 is 0 Å². The average molecular weight is 271 g/mol. The molecule has 0 unspecified atom stereocenters. The highest BCUT2D eigenvalue weighted by molar-refractivity contribution is 9.09. The predicted octanol–water partition coefficient (Wildman–Crippen LogP) is 3.00. The van der Waals surface area contributed by atoms with Crippen LogP contribution in [0.4, 0.5) is 0 Å². The minimum atomic E-state index is 1.01. The van der Waals surface area contributed by atoms with Crippen molar-refractivity contribution >= 4 is 15.9 Å². The lowest BCUT2D eigenvalue weighted by atomic mass is 10.2. The molecule has 1 aromatic heterocycles. The number of alkyl halides is 1. The Labute approximate surface area is 101 Å². The Morgan fingerprint density at radius 2 is 2.13 bits per heavy atom. The van der Waals surface area contributed by atoms with Crippen LogP contribution in [0, 0.1) is 6.92 Å². The van der Waals surface area contributed by atoms with Gasteiger partial charge in [0.2, 0.25) is 0 Å². The first kappa shape index (κ1) is 12.7. The molecule has 0 radical (unpaired) electrons. The number of hydrogen-bond acceptors (Lipinski definition) is 2. The maximum atomic E-state index is 4.22. The van der Waals surface area contributed by atoms with E-state index in [-0.39, 0.29) is 0 Å². The van der Waals surface area contributed by atoms with E-state index in [1.165, 1.54) is 17.5 Å². The molecular formula is C12H19BrN2. The fourth-order valence-corrected chi connectivity index (χ4v) is 2.17. The van der Waals surface area contributed by atoms with Gasteiger partial charge in [0, 0.05) is 30.8 Å². The second kappa shape index (κ2) is 6.96. The summed E-state index contributed by atoms with van der Waals surface area (Å²) in [5.41, 5.74) is 2.55. The molecule has 0 aliphatic carbocycles. The van der Waals surface area contributed by atoms with Gasteiger partial charge >= 0.3 is 0 Å². The summed E-state index contributed by atoms with van der Waals surface area (Å²) in [6, 6.07) is 2.21. The van der Waals surface area contributed by atoms with Crippen LogP contribution in [0.1, 0.15) is 24.5 Å². The molecule has 0 amide bonds. The Kier molecular flexibility index (Phi) is 5.88. The zero-order valence-corrected chi connectivity index (χ0v) is 11.1. The minimum Gasteiger partial charge on any atom is -0.298 e. The van der Waals surface area contributed by atoms with Crippen molar-refractivity contribution in [3.63, 3.8) is 0 Å². The fraction of sp³-hybridized carbons (Fsp3) is 0.583. The Balaban J connectivity index is 2.56. The van der Waals surface area contributed by atoms with Gasteiger partial charge in [-0.2, -0.15) is 0 Å². The molecule has 0 bridgehead atoms. The molecule has 1 rings (SSSR count). The topological polar surface area (TPSA) is 16.1 Å². The smallest absolute Gasteiger partial charge is 0.0313 e. The molecule has 2 nitrogen and oxygen atoms in total. The van der Waals surface area contributed by atoms with Crippen LogP contribution in [0.3, 0.4) is 0 Å². The van der Waals surface area contributed by atoms with Crippen molar-refractivity contribution in [3.8, 4) is 0 Å². The van der Waals surface area contributed by atoms with Crippen molar-refractivity contribution in [1.29, 1.82) is 0 Å². The van der Waals surface area contributed by atoms with Crippen molar-refractivity contribution in [2.75, 3.05) is 18.4 Å². The fourth-order valence-electron chi connectivity index (χ4n) is 1.67. The Hall–Kier alpha value is -0.410. The van der Waals surface area contributed by atoms with Crippen molar-refractivity contribution in [2.45, 2.75) is 26.8 Å². The monoisotopic (exact) mass is 270 g/mol. The minimum absolute atomic E-state index is 1.01. The standard InChI is InChI=1S/C12H19BrN2/c1-3-5-15(6-4-13)10-12-7-11(2)8-14-9-12/h7-9H,3-6,10H2,1-2H3. The molecular weight excluding hydrogens is 252 g/mol. The second-order valence-corrected chi connectivity index (χ2v) is 4.63. The third kappa shape index (κ3) is 4.76. The van der Waals surface area contributed by atoms with Gasteiger partial charge in [0.25, 0.3) is 0 Å². The van der Waals surface area contributed by atoms with Gasteiger partial charge in [-0.3, -0.25) is 9.88 Å².